The third kappa shape index (κ3) is 12.0. The predicted octanol–water partition coefficient (Wildman–Crippen LogP) is 4.93. The molecule has 320 valence electrons. The van der Waals surface area contributed by atoms with Crippen molar-refractivity contribution in [1.29, 1.82) is 0 Å². The van der Waals surface area contributed by atoms with Gasteiger partial charge in [0.05, 0.1) is 10.9 Å². The van der Waals surface area contributed by atoms with E-state index in [1.807, 2.05) is 26.0 Å². The van der Waals surface area contributed by atoms with Crippen molar-refractivity contribution in [2.45, 2.75) is 58.2 Å². The fourth-order valence-electron chi connectivity index (χ4n) is 5.98. The molecule has 0 saturated carbocycles. The normalized spacial score (nSPS) is 12.4. The molecule has 0 spiro atoms. The van der Waals surface area contributed by atoms with E-state index in [4.69, 9.17) is 20.4 Å². The molecule has 2 heterocycles. The zero-order valence-corrected chi connectivity index (χ0v) is 32.2. The number of carboxylic acid groups (broad SMARTS) is 2. The number of aliphatic hydroxyl groups is 2. The highest BCUT2D eigenvalue weighted by atomic mass is 19.4. The predicted molar refractivity (Wildman–Crippen MR) is 205 cm³/mol. The maximum Gasteiger partial charge on any atom is 0.416 e. The molecule has 0 radical (unpaired) electrons. The molecule has 19 heteroatoms. The molecule has 4 N–H and O–H groups in total. The molecule has 0 bridgehead atoms. The molecule has 5 rings (SSSR count). The smallest absolute Gasteiger partial charge is 0.416 e. The number of likely N-dealkylation sites (N-methyl/N-ethyl adjacent to an activating group) is 1. The summed E-state index contributed by atoms with van der Waals surface area (Å²) in [4.78, 5) is 58.9. The Morgan fingerprint density at radius 2 is 1.37 bits per heavy atom. The van der Waals surface area contributed by atoms with Gasteiger partial charge >= 0.3 is 18.1 Å². The second-order valence-corrected chi connectivity index (χ2v) is 13.3. The SMILES string of the molecule is CCN(CC)CCN(Cc1ccc(-c2ccc(C(F)(F)F)cc2)cc1)C(=O)Cn1c(CCc2ccc(F)c(F)c2F)nc(=O)c2cccnc21.O=C(O)[C@H](O)[C@@H](O)C(=O)O. The molecular weight excluding hydrogens is 804 g/mol. The summed E-state index contributed by atoms with van der Waals surface area (Å²) >= 11 is 0. The molecule has 0 aliphatic carbocycles. The third-order valence-corrected chi connectivity index (χ3v) is 9.45. The first-order valence-corrected chi connectivity index (χ1v) is 18.4. The lowest BCUT2D eigenvalue weighted by atomic mass is 10.0. The first-order chi connectivity index (χ1) is 28.4. The summed E-state index contributed by atoms with van der Waals surface area (Å²) in [6.45, 7) is 6.44. The number of benzene rings is 3. The van der Waals surface area contributed by atoms with Crippen molar-refractivity contribution < 1.29 is 61.2 Å². The molecule has 2 atom stereocenters. The number of carbonyl (C=O) groups is 3. The van der Waals surface area contributed by atoms with Gasteiger partial charge in [0.15, 0.2) is 29.7 Å². The second kappa shape index (κ2) is 20.7. The van der Waals surface area contributed by atoms with Crippen LogP contribution in [0.15, 0.2) is 83.8 Å². The Kier molecular flexibility index (Phi) is 16.0. The van der Waals surface area contributed by atoms with Gasteiger partial charge in [-0.1, -0.05) is 56.3 Å². The Labute approximate surface area is 338 Å². The lowest BCUT2D eigenvalue weighted by molar-refractivity contribution is -0.165. The number of aromatic nitrogens is 3. The topological polar surface area (TPSA) is 186 Å². The van der Waals surface area contributed by atoms with Gasteiger partial charge in [-0.3, -0.25) is 9.59 Å². The number of alkyl halides is 3. The molecule has 0 saturated heterocycles. The molecule has 2 aromatic heterocycles. The van der Waals surface area contributed by atoms with Gasteiger partial charge in [-0.2, -0.15) is 18.2 Å². The molecule has 0 aliphatic rings. The summed E-state index contributed by atoms with van der Waals surface area (Å²) < 4.78 is 82.5. The number of carboxylic acids is 2. The molecule has 5 aromatic rings. The van der Waals surface area contributed by atoms with Crippen LogP contribution in [0.1, 0.15) is 36.4 Å². The summed E-state index contributed by atoms with van der Waals surface area (Å²) in [7, 11) is 0. The van der Waals surface area contributed by atoms with Crippen molar-refractivity contribution in [2.24, 2.45) is 0 Å². The number of hydrogen-bond acceptors (Lipinski definition) is 9. The monoisotopic (exact) mass is 845 g/mol. The molecule has 0 fully saturated rings. The average Bonchev–Trinajstić information content (AvgIpc) is 3.23. The van der Waals surface area contributed by atoms with E-state index in [2.05, 4.69) is 14.9 Å². The van der Waals surface area contributed by atoms with E-state index in [0.717, 1.165) is 42.9 Å². The second-order valence-electron chi connectivity index (χ2n) is 13.3. The zero-order chi connectivity index (χ0) is 44.3. The summed E-state index contributed by atoms with van der Waals surface area (Å²) in [5.41, 5.74) is 0.861. The van der Waals surface area contributed by atoms with Gasteiger partial charge in [0, 0.05) is 32.3 Å². The van der Waals surface area contributed by atoms with Gasteiger partial charge < -0.3 is 34.8 Å². The van der Waals surface area contributed by atoms with Gasteiger partial charge in [-0.05, 0) is 72.1 Å². The number of carbonyl (C=O) groups excluding carboxylic acids is 1. The quantitative estimate of drug-likeness (QED) is 0.0780. The van der Waals surface area contributed by atoms with Crippen LogP contribution in [0.5, 0.6) is 0 Å². The van der Waals surface area contributed by atoms with E-state index in [-0.39, 0.29) is 54.3 Å². The molecule has 60 heavy (non-hydrogen) atoms. The Bertz CT molecular complexity index is 2320. The van der Waals surface area contributed by atoms with E-state index in [1.54, 1.807) is 23.1 Å². The maximum absolute atomic E-state index is 14.5. The number of nitrogens with zero attached hydrogens (tertiary/aromatic N) is 5. The number of halogens is 6. The van der Waals surface area contributed by atoms with Crippen molar-refractivity contribution in [2.75, 3.05) is 26.2 Å². The van der Waals surface area contributed by atoms with Gasteiger partial charge in [0.25, 0.3) is 5.56 Å². The van der Waals surface area contributed by atoms with Crippen LogP contribution < -0.4 is 5.56 Å². The van der Waals surface area contributed by atoms with Crippen LogP contribution in [0.4, 0.5) is 26.3 Å². The van der Waals surface area contributed by atoms with Gasteiger partial charge in [0.1, 0.15) is 18.0 Å². The van der Waals surface area contributed by atoms with Crippen LogP contribution in [-0.2, 0) is 46.5 Å². The minimum atomic E-state index is -4.43. The van der Waals surface area contributed by atoms with Crippen LogP contribution in [0.2, 0.25) is 0 Å². The van der Waals surface area contributed by atoms with E-state index < -0.39 is 58.9 Å². The van der Waals surface area contributed by atoms with E-state index >= 15 is 0 Å². The van der Waals surface area contributed by atoms with Crippen LogP contribution in [-0.4, -0.2) is 101 Å². The van der Waals surface area contributed by atoms with Crippen molar-refractivity contribution in [3.63, 3.8) is 0 Å². The molecule has 0 unspecified atom stereocenters. The average molecular weight is 846 g/mol. The lowest BCUT2D eigenvalue weighted by Crippen LogP contribution is -2.40. The summed E-state index contributed by atoms with van der Waals surface area (Å²) in [6.07, 6.45) is -7.69. The van der Waals surface area contributed by atoms with E-state index in [9.17, 15) is 45.5 Å². The third-order valence-electron chi connectivity index (χ3n) is 9.45. The number of aryl methyl sites for hydroxylation is 2. The number of rotatable bonds is 16. The Hall–Kier alpha value is -6.18. The first-order valence-electron chi connectivity index (χ1n) is 18.4. The van der Waals surface area contributed by atoms with Gasteiger partial charge in [-0.25, -0.2) is 27.7 Å². The molecule has 0 aliphatic heterocycles. The minimum absolute atomic E-state index is 0.0676. The summed E-state index contributed by atoms with van der Waals surface area (Å²) in [5.74, 6) is -7.98. The summed E-state index contributed by atoms with van der Waals surface area (Å²) in [5, 5.41) is 32.7. The Morgan fingerprint density at radius 3 is 1.92 bits per heavy atom. The number of amides is 1. The van der Waals surface area contributed by atoms with Gasteiger partial charge in [0.2, 0.25) is 5.91 Å². The minimum Gasteiger partial charge on any atom is -0.479 e. The van der Waals surface area contributed by atoms with Crippen LogP contribution in [0, 0.1) is 17.5 Å². The fourth-order valence-corrected chi connectivity index (χ4v) is 5.98. The lowest BCUT2D eigenvalue weighted by Gasteiger charge is -2.27. The van der Waals surface area contributed by atoms with Crippen LogP contribution in [0.25, 0.3) is 22.2 Å². The van der Waals surface area contributed by atoms with Crippen LogP contribution >= 0.6 is 0 Å². The molecule has 1 amide bonds. The largest absolute Gasteiger partial charge is 0.479 e. The Morgan fingerprint density at radius 1 is 0.783 bits per heavy atom. The standard InChI is InChI=1S/C37H35F6N5O2.C4H6O6/c1-3-46(4-2)20-21-47(22-24-7-9-25(10-8-24)26-11-15-28(16-12-26)37(41,42)43)32(49)23-48-31(45-36(50)29-6-5-19-44-35(29)48)18-14-27-13-17-30(38)34(40)33(27)39;5-1(3(7)8)2(6)4(9)10/h5-13,15-17,19H,3-4,14,18,20-23H2,1-2H3;1-2,5-6H,(H,7,8)(H,9,10)/t;1-,2-/m.1/s1. The van der Waals surface area contributed by atoms with Crippen molar-refractivity contribution in [1.82, 2.24) is 24.3 Å². The van der Waals surface area contributed by atoms with Crippen LogP contribution in [0.3, 0.4) is 0 Å². The Balaban J connectivity index is 0.000000703. The van der Waals surface area contributed by atoms with Crippen molar-refractivity contribution >= 4 is 28.9 Å². The molecule has 13 nitrogen and oxygen atoms in total. The molecule has 3 aromatic carbocycles. The number of fused-ring (bicyclic) bond motifs is 1. The van der Waals surface area contributed by atoms with Crippen molar-refractivity contribution in [3.05, 3.63) is 129 Å². The number of pyridine rings is 1. The number of aliphatic carboxylic acids is 2. The molecular formula is C41H41F6N5O8. The highest BCUT2D eigenvalue weighted by molar-refractivity contribution is 5.83. The highest BCUT2D eigenvalue weighted by Crippen LogP contribution is 2.31. The number of aliphatic hydroxyl groups excluding tert-OH is 2. The highest BCUT2D eigenvalue weighted by Gasteiger charge is 2.30. The number of hydrogen-bond donors (Lipinski definition) is 4. The maximum atomic E-state index is 14.5. The first kappa shape index (κ1) is 46.5. The van der Waals surface area contributed by atoms with E-state index in [0.29, 0.717) is 24.2 Å². The zero-order valence-electron chi connectivity index (χ0n) is 32.2. The van der Waals surface area contributed by atoms with E-state index in [1.165, 1.54) is 29.0 Å². The summed E-state index contributed by atoms with van der Waals surface area (Å²) in [6, 6.07) is 17.1. The fraction of sp³-hybridized carbons (Fsp3) is 0.317. The van der Waals surface area contributed by atoms with Crippen molar-refractivity contribution in [3.8, 4) is 11.1 Å². The van der Waals surface area contributed by atoms with Gasteiger partial charge in [-0.15, -0.1) is 0 Å².